The van der Waals surface area contributed by atoms with Gasteiger partial charge in [-0.3, -0.25) is 0 Å². The number of hydrogen-bond acceptors (Lipinski definition) is 2. The maximum Gasteiger partial charge on any atom is 0.319 e. The average molecular weight is 233 g/mol. The lowest BCUT2D eigenvalue weighted by Crippen LogP contribution is -2.42. The summed E-state index contributed by atoms with van der Waals surface area (Å²) in [4.78, 5) is 11.7. The van der Waals surface area contributed by atoms with Gasteiger partial charge >= 0.3 is 6.03 Å². The number of carbonyl (C=O) groups is 1. The monoisotopic (exact) mass is 233 g/mol. The lowest BCUT2D eigenvalue weighted by molar-refractivity contribution is 0.242. The topological polar surface area (TPSA) is 67.1 Å². The van der Waals surface area contributed by atoms with Crippen molar-refractivity contribution >= 4 is 11.7 Å². The van der Waals surface area contributed by atoms with Crippen LogP contribution in [-0.2, 0) is 0 Å². The minimum Gasteiger partial charge on any atom is -0.335 e. The molecular weight excluding hydrogens is 214 g/mol. The van der Waals surface area contributed by atoms with E-state index in [0.29, 0.717) is 6.04 Å². The van der Waals surface area contributed by atoms with E-state index in [1.54, 1.807) is 0 Å². The zero-order chi connectivity index (χ0) is 12.1. The first-order valence-corrected chi connectivity index (χ1v) is 6.12. The molecule has 0 atom stereocenters. The van der Waals surface area contributed by atoms with Crippen molar-refractivity contribution < 1.29 is 4.79 Å². The van der Waals surface area contributed by atoms with Crippen molar-refractivity contribution in [2.24, 2.45) is 5.73 Å². The van der Waals surface area contributed by atoms with Gasteiger partial charge < -0.3 is 16.4 Å². The molecular formula is C13H19N3O. The van der Waals surface area contributed by atoms with Gasteiger partial charge in [-0.05, 0) is 37.8 Å². The molecule has 0 aromatic heterocycles. The van der Waals surface area contributed by atoms with Crippen LogP contribution in [0.15, 0.2) is 30.3 Å². The fourth-order valence-electron chi connectivity index (χ4n) is 2.14. The number of hydrogen-bond donors (Lipinski definition) is 3. The summed E-state index contributed by atoms with van der Waals surface area (Å²) >= 11 is 0. The van der Waals surface area contributed by atoms with Crippen LogP contribution in [0.1, 0.15) is 25.7 Å². The van der Waals surface area contributed by atoms with E-state index in [1.807, 2.05) is 30.3 Å². The predicted molar refractivity (Wildman–Crippen MR) is 68.8 cm³/mol. The van der Waals surface area contributed by atoms with Crippen LogP contribution in [0.5, 0.6) is 0 Å². The van der Waals surface area contributed by atoms with Gasteiger partial charge in [-0.2, -0.15) is 0 Å². The first-order valence-electron chi connectivity index (χ1n) is 6.12. The normalized spacial score (nSPS) is 24.1. The highest BCUT2D eigenvalue weighted by Crippen LogP contribution is 2.17. The molecule has 1 aromatic carbocycles. The largest absolute Gasteiger partial charge is 0.335 e. The molecule has 1 fully saturated rings. The van der Waals surface area contributed by atoms with Crippen molar-refractivity contribution in [3.8, 4) is 0 Å². The standard InChI is InChI=1S/C13H19N3O/c14-10-6-8-12(9-7-10)16-13(17)15-11-4-2-1-3-5-11/h1-5,10,12H,6-9,14H2,(H2,15,16,17). The van der Waals surface area contributed by atoms with E-state index in [1.165, 1.54) is 0 Å². The molecule has 0 bridgehead atoms. The second kappa shape index (κ2) is 5.68. The summed E-state index contributed by atoms with van der Waals surface area (Å²) in [5.74, 6) is 0. The molecule has 1 aliphatic rings. The van der Waals surface area contributed by atoms with E-state index in [4.69, 9.17) is 5.73 Å². The van der Waals surface area contributed by atoms with Gasteiger partial charge in [-0.25, -0.2) is 4.79 Å². The summed E-state index contributed by atoms with van der Waals surface area (Å²) in [5.41, 5.74) is 6.64. The van der Waals surface area contributed by atoms with Crippen LogP contribution in [0.3, 0.4) is 0 Å². The molecule has 1 aromatic rings. The Bertz CT molecular complexity index is 358. The molecule has 1 aliphatic carbocycles. The lowest BCUT2D eigenvalue weighted by atomic mass is 9.92. The number of para-hydroxylation sites is 1. The first kappa shape index (κ1) is 11.9. The van der Waals surface area contributed by atoms with Crippen molar-refractivity contribution in [1.82, 2.24) is 5.32 Å². The molecule has 2 rings (SSSR count). The molecule has 92 valence electrons. The minimum atomic E-state index is -0.128. The third-order valence-electron chi connectivity index (χ3n) is 3.14. The average Bonchev–Trinajstić information content (AvgIpc) is 2.33. The smallest absolute Gasteiger partial charge is 0.319 e. The Balaban J connectivity index is 1.78. The molecule has 4 heteroatoms. The molecule has 4 nitrogen and oxygen atoms in total. The third-order valence-corrected chi connectivity index (χ3v) is 3.14. The Kier molecular flexibility index (Phi) is 3.98. The number of carbonyl (C=O) groups excluding carboxylic acids is 1. The first-order chi connectivity index (χ1) is 8.24. The summed E-state index contributed by atoms with van der Waals surface area (Å²) in [6, 6.07) is 9.91. The fourth-order valence-corrected chi connectivity index (χ4v) is 2.14. The number of benzene rings is 1. The molecule has 1 saturated carbocycles. The lowest BCUT2D eigenvalue weighted by Gasteiger charge is -2.26. The number of nitrogens with one attached hydrogen (secondary N) is 2. The number of anilines is 1. The van der Waals surface area contributed by atoms with Gasteiger partial charge in [0.1, 0.15) is 0 Å². The Labute approximate surface area is 102 Å². The van der Waals surface area contributed by atoms with E-state index < -0.39 is 0 Å². The van der Waals surface area contributed by atoms with Crippen molar-refractivity contribution in [2.75, 3.05) is 5.32 Å². The van der Waals surface area contributed by atoms with Gasteiger partial charge in [0.15, 0.2) is 0 Å². The highest BCUT2D eigenvalue weighted by atomic mass is 16.2. The molecule has 2 amide bonds. The molecule has 0 saturated heterocycles. The summed E-state index contributed by atoms with van der Waals surface area (Å²) in [5, 5.41) is 5.80. The minimum absolute atomic E-state index is 0.128. The predicted octanol–water partition coefficient (Wildman–Crippen LogP) is 2.08. The zero-order valence-electron chi connectivity index (χ0n) is 9.86. The van der Waals surface area contributed by atoms with Crippen LogP contribution in [0.25, 0.3) is 0 Å². The number of urea groups is 1. The molecule has 0 radical (unpaired) electrons. The molecule has 0 heterocycles. The highest BCUT2D eigenvalue weighted by Gasteiger charge is 2.19. The van der Waals surface area contributed by atoms with E-state index in [-0.39, 0.29) is 12.1 Å². The summed E-state index contributed by atoms with van der Waals surface area (Å²) < 4.78 is 0. The van der Waals surface area contributed by atoms with E-state index in [2.05, 4.69) is 10.6 Å². The van der Waals surface area contributed by atoms with Crippen molar-refractivity contribution in [3.05, 3.63) is 30.3 Å². The van der Waals surface area contributed by atoms with Crippen LogP contribution in [0.2, 0.25) is 0 Å². The Morgan fingerprint density at radius 2 is 1.76 bits per heavy atom. The van der Waals surface area contributed by atoms with Crippen LogP contribution < -0.4 is 16.4 Å². The summed E-state index contributed by atoms with van der Waals surface area (Å²) in [6.07, 6.45) is 3.94. The van der Waals surface area contributed by atoms with E-state index >= 15 is 0 Å². The highest BCUT2D eigenvalue weighted by molar-refractivity contribution is 5.89. The Hall–Kier alpha value is -1.55. The zero-order valence-corrected chi connectivity index (χ0v) is 9.86. The van der Waals surface area contributed by atoms with Crippen LogP contribution >= 0.6 is 0 Å². The molecule has 0 aliphatic heterocycles. The molecule has 17 heavy (non-hydrogen) atoms. The number of rotatable bonds is 2. The second-order valence-electron chi connectivity index (χ2n) is 4.58. The van der Waals surface area contributed by atoms with Crippen molar-refractivity contribution in [2.45, 2.75) is 37.8 Å². The number of nitrogens with two attached hydrogens (primary N) is 1. The van der Waals surface area contributed by atoms with Gasteiger partial charge in [0.05, 0.1) is 0 Å². The SMILES string of the molecule is NC1CCC(NC(=O)Nc2ccccc2)CC1. The quantitative estimate of drug-likeness (QED) is 0.732. The third kappa shape index (κ3) is 3.75. The summed E-state index contributed by atoms with van der Waals surface area (Å²) in [7, 11) is 0. The van der Waals surface area contributed by atoms with Gasteiger partial charge in [0, 0.05) is 17.8 Å². The second-order valence-corrected chi connectivity index (χ2v) is 4.58. The maximum absolute atomic E-state index is 11.7. The Morgan fingerprint density at radius 3 is 2.41 bits per heavy atom. The fraction of sp³-hybridized carbons (Fsp3) is 0.462. The molecule has 0 spiro atoms. The van der Waals surface area contributed by atoms with Crippen LogP contribution in [0.4, 0.5) is 10.5 Å². The van der Waals surface area contributed by atoms with Crippen molar-refractivity contribution in [1.29, 1.82) is 0 Å². The Morgan fingerprint density at radius 1 is 1.12 bits per heavy atom. The van der Waals surface area contributed by atoms with E-state index in [9.17, 15) is 4.79 Å². The van der Waals surface area contributed by atoms with Crippen molar-refractivity contribution in [3.63, 3.8) is 0 Å². The summed E-state index contributed by atoms with van der Waals surface area (Å²) in [6.45, 7) is 0. The molecule has 4 N–H and O–H groups in total. The van der Waals surface area contributed by atoms with Gasteiger partial charge in [0.2, 0.25) is 0 Å². The number of amides is 2. The van der Waals surface area contributed by atoms with Crippen LogP contribution in [0, 0.1) is 0 Å². The maximum atomic E-state index is 11.7. The van der Waals surface area contributed by atoms with Gasteiger partial charge in [-0.1, -0.05) is 18.2 Å². The van der Waals surface area contributed by atoms with Gasteiger partial charge in [-0.15, -0.1) is 0 Å². The van der Waals surface area contributed by atoms with E-state index in [0.717, 1.165) is 31.4 Å². The van der Waals surface area contributed by atoms with Crippen LogP contribution in [-0.4, -0.2) is 18.1 Å². The van der Waals surface area contributed by atoms with Gasteiger partial charge in [0.25, 0.3) is 0 Å². The molecule has 0 unspecified atom stereocenters.